The largest absolute Gasteiger partial charge is 0.497 e. The number of carbonyl (C=O) groups is 1. The maximum absolute atomic E-state index is 12.7. The van der Waals surface area contributed by atoms with E-state index < -0.39 is 10.0 Å². The normalized spacial score (nSPS) is 22.2. The Labute approximate surface area is 211 Å². The summed E-state index contributed by atoms with van der Waals surface area (Å²) in [5, 5.41) is 3.36. The number of aromatic nitrogens is 2. The van der Waals surface area contributed by atoms with E-state index in [0.29, 0.717) is 24.3 Å². The number of methoxy groups -OCH3 is 1. The third kappa shape index (κ3) is 4.43. The second-order valence-corrected chi connectivity index (χ2v) is 11.8. The van der Waals surface area contributed by atoms with Crippen LogP contribution in [0.2, 0.25) is 0 Å². The van der Waals surface area contributed by atoms with Crippen molar-refractivity contribution in [2.75, 3.05) is 37.7 Å². The summed E-state index contributed by atoms with van der Waals surface area (Å²) in [6, 6.07) is 11.7. The molecule has 3 heterocycles. The zero-order valence-corrected chi connectivity index (χ0v) is 21.9. The highest BCUT2D eigenvalue weighted by molar-refractivity contribution is 7.92. The Balaban J connectivity index is 1.63. The number of carbonyl (C=O) groups excluding carboxylic acids is 1. The Bertz CT molecular complexity index is 1400. The first-order chi connectivity index (χ1) is 17.2. The third-order valence-corrected chi connectivity index (χ3v) is 8.83. The SMILES string of the molecule is CCS(=O)(=O)Nc1cc(C2CN(C)C(=O)C3NCCC32)cc2c1nc(C)n2Cc1ccc(OC)cc1. The van der Waals surface area contributed by atoms with Crippen LogP contribution in [0.3, 0.4) is 0 Å². The second-order valence-electron chi connectivity index (χ2n) is 9.74. The van der Waals surface area contributed by atoms with Gasteiger partial charge in [0.25, 0.3) is 0 Å². The molecule has 0 saturated carbocycles. The smallest absolute Gasteiger partial charge is 0.239 e. The number of benzene rings is 2. The number of hydrogen-bond donors (Lipinski definition) is 2. The molecule has 2 N–H and O–H groups in total. The summed E-state index contributed by atoms with van der Waals surface area (Å²) < 4.78 is 35.4. The number of hydrogen-bond acceptors (Lipinski definition) is 6. The van der Waals surface area contributed by atoms with E-state index >= 15 is 0 Å². The zero-order valence-electron chi connectivity index (χ0n) is 21.1. The van der Waals surface area contributed by atoms with Gasteiger partial charge >= 0.3 is 0 Å². The molecule has 0 bridgehead atoms. The van der Waals surface area contributed by atoms with E-state index in [4.69, 9.17) is 9.72 Å². The van der Waals surface area contributed by atoms with Crippen LogP contribution in [-0.4, -0.2) is 67.8 Å². The molecule has 2 aliphatic heterocycles. The van der Waals surface area contributed by atoms with E-state index in [2.05, 4.69) is 20.7 Å². The van der Waals surface area contributed by atoms with Crippen LogP contribution >= 0.6 is 0 Å². The van der Waals surface area contributed by atoms with Gasteiger partial charge in [0.1, 0.15) is 17.1 Å². The molecule has 1 amide bonds. The van der Waals surface area contributed by atoms with Crippen LogP contribution < -0.4 is 14.8 Å². The number of nitrogens with one attached hydrogen (secondary N) is 2. The molecule has 5 rings (SSSR count). The number of piperidine rings is 1. The van der Waals surface area contributed by atoms with Gasteiger partial charge in [-0.15, -0.1) is 0 Å². The average Bonchev–Trinajstić information content (AvgIpc) is 3.47. The highest BCUT2D eigenvalue weighted by Gasteiger charge is 2.44. The lowest BCUT2D eigenvalue weighted by Gasteiger charge is -2.38. The fourth-order valence-electron chi connectivity index (χ4n) is 5.54. The van der Waals surface area contributed by atoms with E-state index in [0.717, 1.165) is 41.2 Å². The monoisotopic (exact) mass is 511 g/mol. The van der Waals surface area contributed by atoms with Crippen molar-refractivity contribution in [2.45, 2.75) is 38.8 Å². The summed E-state index contributed by atoms with van der Waals surface area (Å²) in [4.78, 5) is 19.3. The van der Waals surface area contributed by atoms with Crippen LogP contribution in [0.4, 0.5) is 5.69 Å². The Morgan fingerprint density at radius 2 is 1.97 bits per heavy atom. The van der Waals surface area contributed by atoms with Gasteiger partial charge < -0.3 is 19.5 Å². The first-order valence-electron chi connectivity index (χ1n) is 12.3. The van der Waals surface area contributed by atoms with Gasteiger partial charge in [-0.25, -0.2) is 13.4 Å². The Kier molecular flexibility index (Phi) is 6.42. The number of fused-ring (bicyclic) bond motifs is 2. The molecular weight excluding hydrogens is 478 g/mol. The van der Waals surface area contributed by atoms with Crippen LogP contribution in [0.1, 0.15) is 36.2 Å². The standard InChI is InChI=1S/C26H33N5O4S/c1-5-36(33,34)29-22-12-18(21-15-30(3)26(32)24-20(21)10-11-27-24)13-23-25(22)28-16(2)31(23)14-17-6-8-19(35-4)9-7-17/h6-9,12-13,20-21,24,27,29H,5,10-11,14-15H2,1-4H3. The lowest BCUT2D eigenvalue weighted by molar-refractivity contribution is -0.136. The van der Waals surface area contributed by atoms with Crippen LogP contribution in [0.25, 0.3) is 11.0 Å². The van der Waals surface area contributed by atoms with Gasteiger partial charge in [0.2, 0.25) is 15.9 Å². The van der Waals surface area contributed by atoms with E-state index in [9.17, 15) is 13.2 Å². The summed E-state index contributed by atoms with van der Waals surface area (Å²) in [6.07, 6.45) is 0.910. The fraction of sp³-hybridized carbons (Fsp3) is 0.462. The molecule has 3 aromatic rings. The van der Waals surface area contributed by atoms with Gasteiger partial charge in [-0.1, -0.05) is 12.1 Å². The van der Waals surface area contributed by atoms with E-state index in [1.165, 1.54) is 0 Å². The number of rotatable bonds is 7. The second kappa shape index (κ2) is 9.40. The molecule has 2 fully saturated rings. The molecule has 2 aromatic carbocycles. The van der Waals surface area contributed by atoms with Crippen LogP contribution in [0.5, 0.6) is 5.75 Å². The maximum atomic E-state index is 12.7. The van der Waals surface area contributed by atoms with E-state index in [-0.39, 0.29) is 29.5 Å². The molecule has 9 nitrogen and oxygen atoms in total. The highest BCUT2D eigenvalue weighted by atomic mass is 32.2. The van der Waals surface area contributed by atoms with Crippen LogP contribution in [0.15, 0.2) is 36.4 Å². The number of sulfonamides is 1. The number of likely N-dealkylation sites (N-methyl/N-ethyl adjacent to an activating group) is 1. The molecule has 0 spiro atoms. The zero-order chi connectivity index (χ0) is 25.6. The Hall–Kier alpha value is -3.11. The number of aryl methyl sites for hydroxylation is 1. The van der Waals surface area contributed by atoms with Gasteiger partial charge in [0.15, 0.2) is 0 Å². The van der Waals surface area contributed by atoms with Gasteiger partial charge in [-0.3, -0.25) is 9.52 Å². The van der Waals surface area contributed by atoms with Crippen molar-refractivity contribution >= 4 is 32.7 Å². The molecule has 0 aliphatic carbocycles. The lowest BCUT2D eigenvalue weighted by Crippen LogP contribution is -2.52. The quantitative estimate of drug-likeness (QED) is 0.505. The highest BCUT2D eigenvalue weighted by Crippen LogP contribution is 2.40. The molecule has 2 saturated heterocycles. The first-order valence-corrected chi connectivity index (χ1v) is 14.0. The minimum atomic E-state index is -3.51. The lowest BCUT2D eigenvalue weighted by atomic mass is 9.77. The maximum Gasteiger partial charge on any atom is 0.239 e. The minimum Gasteiger partial charge on any atom is -0.497 e. The predicted octanol–water partition coefficient (Wildman–Crippen LogP) is 2.70. The third-order valence-electron chi connectivity index (χ3n) is 7.54. The number of ether oxygens (including phenoxy) is 1. The van der Waals surface area contributed by atoms with E-state index in [1.54, 1.807) is 18.9 Å². The van der Waals surface area contributed by atoms with Crippen molar-refractivity contribution in [3.63, 3.8) is 0 Å². The molecule has 10 heteroatoms. The van der Waals surface area contributed by atoms with Gasteiger partial charge in [-0.05, 0) is 68.1 Å². The number of amides is 1. The molecule has 0 radical (unpaired) electrons. The predicted molar refractivity (Wildman–Crippen MR) is 140 cm³/mol. The van der Waals surface area contributed by atoms with Crippen molar-refractivity contribution in [3.05, 3.63) is 53.3 Å². The number of nitrogens with zero attached hydrogens (tertiary/aromatic N) is 3. The summed E-state index contributed by atoms with van der Waals surface area (Å²) >= 11 is 0. The molecule has 192 valence electrons. The van der Waals surface area contributed by atoms with Crippen molar-refractivity contribution in [1.82, 2.24) is 19.8 Å². The van der Waals surface area contributed by atoms with Gasteiger partial charge in [0.05, 0.1) is 30.1 Å². The molecule has 2 aliphatic rings. The number of likely N-dealkylation sites (tertiary alicyclic amines) is 1. The van der Waals surface area contributed by atoms with Crippen molar-refractivity contribution < 1.29 is 17.9 Å². The summed E-state index contributed by atoms with van der Waals surface area (Å²) in [6.45, 7) is 5.54. The first kappa shape index (κ1) is 24.6. The fourth-order valence-corrected chi connectivity index (χ4v) is 6.18. The summed E-state index contributed by atoms with van der Waals surface area (Å²) in [7, 11) is -0.0301. The van der Waals surface area contributed by atoms with Gasteiger partial charge in [0, 0.05) is 26.1 Å². The average molecular weight is 512 g/mol. The van der Waals surface area contributed by atoms with Crippen molar-refractivity contribution in [1.29, 1.82) is 0 Å². The summed E-state index contributed by atoms with van der Waals surface area (Å²) in [5.74, 6) is 1.94. The Morgan fingerprint density at radius 1 is 1.22 bits per heavy atom. The van der Waals surface area contributed by atoms with Crippen molar-refractivity contribution in [2.24, 2.45) is 5.92 Å². The molecular formula is C26H33N5O4S. The van der Waals surface area contributed by atoms with Gasteiger partial charge in [-0.2, -0.15) is 0 Å². The summed E-state index contributed by atoms with van der Waals surface area (Å²) in [5.41, 5.74) is 4.09. The molecule has 3 unspecified atom stereocenters. The molecule has 36 heavy (non-hydrogen) atoms. The van der Waals surface area contributed by atoms with E-state index in [1.807, 2.05) is 44.3 Å². The number of imidazole rings is 1. The van der Waals surface area contributed by atoms with Crippen molar-refractivity contribution in [3.8, 4) is 5.75 Å². The van der Waals surface area contributed by atoms with Crippen LogP contribution in [-0.2, 0) is 21.4 Å². The topological polar surface area (TPSA) is 106 Å². The van der Waals surface area contributed by atoms with Crippen LogP contribution in [0, 0.1) is 12.8 Å². The molecule has 3 atom stereocenters. The Morgan fingerprint density at radius 3 is 2.67 bits per heavy atom. The molecule has 1 aromatic heterocycles. The number of anilines is 1. The minimum absolute atomic E-state index is 0.0282.